The van der Waals surface area contributed by atoms with Gasteiger partial charge in [0.25, 0.3) is 5.88 Å². The van der Waals surface area contributed by atoms with E-state index in [-0.39, 0.29) is 16.8 Å². The first-order chi connectivity index (χ1) is 13.0. The maximum absolute atomic E-state index is 13.9. The topological polar surface area (TPSA) is 76.1 Å². The number of rotatable bonds is 3. The van der Waals surface area contributed by atoms with Crippen molar-refractivity contribution >= 4 is 5.52 Å². The molecular formula is C15H6F7N5O. The number of nitrogens with zero attached hydrogens (tertiary/aromatic N) is 5. The molecule has 3 aromatic heterocycles. The van der Waals surface area contributed by atoms with E-state index in [0.717, 1.165) is 18.6 Å². The maximum atomic E-state index is 13.9. The van der Waals surface area contributed by atoms with Crippen LogP contribution in [0, 0.1) is 17.1 Å². The first-order valence-electron chi connectivity index (χ1n) is 7.20. The van der Waals surface area contributed by atoms with Gasteiger partial charge in [0, 0.05) is 18.0 Å². The Labute approximate surface area is 150 Å². The van der Waals surface area contributed by atoms with Crippen molar-refractivity contribution in [2.45, 2.75) is 12.4 Å². The first-order valence-corrected chi connectivity index (χ1v) is 7.20. The second-order valence-electron chi connectivity index (χ2n) is 5.34. The average Bonchev–Trinajstić information content (AvgIpc) is 2.98. The van der Waals surface area contributed by atoms with Gasteiger partial charge in [0.15, 0.2) is 18.1 Å². The minimum Gasteiger partial charge on any atom is -0.466 e. The summed E-state index contributed by atoms with van der Waals surface area (Å²) in [6.07, 6.45) is -6.90. The minimum absolute atomic E-state index is 0.126. The fraction of sp³-hybridized carbons (Fsp3) is 0.200. The molecule has 0 aliphatic carbocycles. The lowest BCUT2D eigenvalue weighted by Crippen LogP contribution is -2.20. The Morgan fingerprint density at radius 2 is 1.82 bits per heavy atom. The van der Waals surface area contributed by atoms with E-state index < -0.39 is 42.2 Å². The molecule has 3 heterocycles. The van der Waals surface area contributed by atoms with E-state index in [1.54, 1.807) is 0 Å². The summed E-state index contributed by atoms with van der Waals surface area (Å²) < 4.78 is 94.4. The lowest BCUT2D eigenvalue weighted by molar-refractivity contribution is -0.154. The van der Waals surface area contributed by atoms with Crippen molar-refractivity contribution in [2.24, 2.45) is 0 Å². The van der Waals surface area contributed by atoms with Crippen LogP contribution in [-0.4, -0.2) is 32.1 Å². The van der Waals surface area contributed by atoms with Crippen molar-refractivity contribution in [3.63, 3.8) is 0 Å². The number of fused-ring (bicyclic) bond motifs is 1. The number of halogens is 7. The summed E-state index contributed by atoms with van der Waals surface area (Å²) in [4.78, 5) is 10.4. The van der Waals surface area contributed by atoms with Crippen molar-refractivity contribution < 1.29 is 35.5 Å². The summed E-state index contributed by atoms with van der Waals surface area (Å²) >= 11 is 0. The van der Waals surface area contributed by atoms with Gasteiger partial charge in [-0.05, 0) is 6.07 Å². The summed E-state index contributed by atoms with van der Waals surface area (Å²) in [6, 6.07) is 2.22. The number of nitriles is 1. The minimum atomic E-state index is -4.88. The van der Waals surface area contributed by atoms with E-state index in [0.29, 0.717) is 10.5 Å². The number of ether oxygens (including phenoxy) is 1. The summed E-state index contributed by atoms with van der Waals surface area (Å²) in [7, 11) is 0. The molecule has 0 N–H and O–H groups in total. The second kappa shape index (κ2) is 6.63. The Hall–Kier alpha value is -3.43. The van der Waals surface area contributed by atoms with Gasteiger partial charge in [0.05, 0.1) is 11.9 Å². The Balaban J connectivity index is 2.02. The number of pyridine rings is 1. The number of imidazole rings is 1. The quantitative estimate of drug-likeness (QED) is 0.621. The summed E-state index contributed by atoms with van der Waals surface area (Å²) in [5.41, 5.74) is -1.04. The van der Waals surface area contributed by atoms with Crippen LogP contribution in [0.2, 0.25) is 0 Å². The van der Waals surface area contributed by atoms with Gasteiger partial charge in [-0.25, -0.2) is 14.4 Å². The smallest absolute Gasteiger partial charge is 0.450 e. The first kappa shape index (κ1) is 19.3. The van der Waals surface area contributed by atoms with Crippen LogP contribution in [0.5, 0.6) is 5.88 Å². The molecule has 0 unspecified atom stereocenters. The molecule has 0 bridgehead atoms. The Morgan fingerprint density at radius 1 is 1.11 bits per heavy atom. The highest BCUT2D eigenvalue weighted by Crippen LogP contribution is 2.31. The lowest BCUT2D eigenvalue weighted by atomic mass is 10.2. The molecule has 0 radical (unpaired) electrons. The van der Waals surface area contributed by atoms with Crippen molar-refractivity contribution in [3.05, 3.63) is 42.0 Å². The molecule has 13 heteroatoms. The monoisotopic (exact) mass is 405 g/mol. The standard InChI is InChI=1S/C15H6F7N5O/c16-8-1-7(3-25-12(8)28-6-14(17,18)19)10-5-27-11(4-24-10)9(2-23)26-13(27)15(20,21)22/h1,3-5H,6H2. The van der Waals surface area contributed by atoms with Gasteiger partial charge in [-0.3, -0.25) is 9.38 Å². The molecule has 0 atom stereocenters. The van der Waals surface area contributed by atoms with Crippen LogP contribution in [0.25, 0.3) is 16.8 Å². The van der Waals surface area contributed by atoms with E-state index in [2.05, 4.69) is 19.7 Å². The Bertz CT molecular complexity index is 1080. The summed E-state index contributed by atoms with van der Waals surface area (Å²) in [5, 5.41) is 8.90. The average molecular weight is 405 g/mol. The molecule has 28 heavy (non-hydrogen) atoms. The highest BCUT2D eigenvalue weighted by atomic mass is 19.4. The molecule has 0 saturated carbocycles. The van der Waals surface area contributed by atoms with Crippen molar-refractivity contribution in [1.29, 1.82) is 5.26 Å². The molecule has 0 spiro atoms. The summed E-state index contributed by atoms with van der Waals surface area (Å²) in [6.45, 7) is -1.76. The van der Waals surface area contributed by atoms with Gasteiger partial charge in [0.1, 0.15) is 11.6 Å². The normalized spacial score (nSPS) is 12.2. The zero-order valence-corrected chi connectivity index (χ0v) is 13.3. The number of aromatic nitrogens is 4. The van der Waals surface area contributed by atoms with Gasteiger partial charge in [-0.2, -0.15) is 31.6 Å². The van der Waals surface area contributed by atoms with E-state index in [1.807, 2.05) is 0 Å². The summed E-state index contributed by atoms with van der Waals surface area (Å²) in [5.74, 6) is -3.57. The van der Waals surface area contributed by atoms with Crippen LogP contribution < -0.4 is 4.74 Å². The largest absolute Gasteiger partial charge is 0.466 e. The molecule has 3 aromatic rings. The zero-order valence-electron chi connectivity index (χ0n) is 13.3. The van der Waals surface area contributed by atoms with Crippen LogP contribution in [-0.2, 0) is 6.18 Å². The Morgan fingerprint density at radius 3 is 2.39 bits per heavy atom. The molecule has 0 amide bonds. The molecule has 0 saturated heterocycles. The molecule has 0 aromatic carbocycles. The highest BCUT2D eigenvalue weighted by molar-refractivity contribution is 5.64. The third-order valence-electron chi connectivity index (χ3n) is 3.36. The Kier molecular flexibility index (Phi) is 4.58. The second-order valence-corrected chi connectivity index (χ2v) is 5.34. The van der Waals surface area contributed by atoms with E-state index in [1.165, 1.54) is 6.07 Å². The zero-order chi connectivity index (χ0) is 20.7. The van der Waals surface area contributed by atoms with Gasteiger partial charge in [-0.1, -0.05) is 0 Å². The van der Waals surface area contributed by atoms with Gasteiger partial charge in [-0.15, -0.1) is 0 Å². The molecule has 3 rings (SSSR count). The van der Waals surface area contributed by atoms with Gasteiger partial charge < -0.3 is 4.74 Å². The maximum Gasteiger partial charge on any atom is 0.450 e. The fourth-order valence-electron chi connectivity index (χ4n) is 2.24. The van der Waals surface area contributed by atoms with Crippen molar-refractivity contribution in [2.75, 3.05) is 6.61 Å². The molecule has 146 valence electrons. The molecular weight excluding hydrogens is 399 g/mol. The van der Waals surface area contributed by atoms with Crippen molar-refractivity contribution in [1.82, 2.24) is 19.4 Å². The van der Waals surface area contributed by atoms with Crippen LogP contribution >= 0.6 is 0 Å². The predicted molar refractivity (Wildman–Crippen MR) is 77.4 cm³/mol. The van der Waals surface area contributed by atoms with Crippen LogP contribution in [0.1, 0.15) is 11.5 Å². The van der Waals surface area contributed by atoms with Crippen LogP contribution in [0.15, 0.2) is 24.7 Å². The van der Waals surface area contributed by atoms with E-state index >= 15 is 0 Å². The van der Waals surface area contributed by atoms with Gasteiger partial charge in [0.2, 0.25) is 5.82 Å². The van der Waals surface area contributed by atoms with Crippen LogP contribution in [0.4, 0.5) is 30.7 Å². The fourth-order valence-corrected chi connectivity index (χ4v) is 2.24. The van der Waals surface area contributed by atoms with E-state index in [9.17, 15) is 30.7 Å². The lowest BCUT2D eigenvalue weighted by Gasteiger charge is -2.10. The molecule has 6 nitrogen and oxygen atoms in total. The van der Waals surface area contributed by atoms with Crippen LogP contribution in [0.3, 0.4) is 0 Å². The SMILES string of the molecule is N#Cc1nc(C(F)(F)F)n2cc(-c3cnc(OCC(F)(F)F)c(F)c3)ncc12. The molecule has 0 aliphatic heterocycles. The predicted octanol–water partition coefficient (Wildman–Crippen LogP) is 3.76. The third-order valence-corrected chi connectivity index (χ3v) is 3.36. The van der Waals surface area contributed by atoms with Crippen molar-refractivity contribution in [3.8, 4) is 23.2 Å². The third kappa shape index (κ3) is 3.80. The number of alkyl halides is 6. The molecule has 0 fully saturated rings. The number of hydrogen-bond acceptors (Lipinski definition) is 5. The highest BCUT2D eigenvalue weighted by Gasteiger charge is 2.37. The molecule has 0 aliphatic rings. The van der Waals surface area contributed by atoms with Gasteiger partial charge >= 0.3 is 12.4 Å². The number of hydrogen-bond donors (Lipinski definition) is 0. The van der Waals surface area contributed by atoms with E-state index in [4.69, 9.17) is 5.26 Å².